The maximum atomic E-state index is 6.23. The van der Waals surface area contributed by atoms with E-state index < -0.39 is 0 Å². The van der Waals surface area contributed by atoms with E-state index in [1.165, 1.54) is 0 Å². The SMILES string of the molecule is CC.Nc1ncc(Cl)c(N2CCN(Cc3cncnc3)CC2)c1N. The largest absolute Gasteiger partial charge is 0.394 e. The van der Waals surface area contributed by atoms with Crippen molar-refractivity contribution in [1.29, 1.82) is 0 Å². The molecule has 0 aromatic carbocycles. The number of nitrogens with zero attached hydrogens (tertiary/aromatic N) is 5. The van der Waals surface area contributed by atoms with Crippen LogP contribution in [-0.2, 0) is 6.54 Å². The van der Waals surface area contributed by atoms with Gasteiger partial charge in [0.25, 0.3) is 0 Å². The molecule has 0 atom stereocenters. The van der Waals surface area contributed by atoms with Crippen molar-refractivity contribution in [3.63, 3.8) is 0 Å². The van der Waals surface area contributed by atoms with Crippen LogP contribution < -0.4 is 16.4 Å². The first-order valence-electron chi connectivity index (χ1n) is 8.06. The van der Waals surface area contributed by atoms with Gasteiger partial charge in [-0.15, -0.1) is 0 Å². The highest BCUT2D eigenvalue weighted by molar-refractivity contribution is 6.34. The van der Waals surface area contributed by atoms with E-state index in [0.29, 0.717) is 16.5 Å². The van der Waals surface area contributed by atoms with Gasteiger partial charge in [-0.1, -0.05) is 25.4 Å². The molecule has 0 aliphatic carbocycles. The summed E-state index contributed by atoms with van der Waals surface area (Å²) < 4.78 is 0. The number of anilines is 3. The van der Waals surface area contributed by atoms with Gasteiger partial charge in [0.1, 0.15) is 12.1 Å². The number of aromatic nitrogens is 3. The first-order chi connectivity index (χ1) is 11.6. The second-order valence-electron chi connectivity index (χ2n) is 5.26. The van der Waals surface area contributed by atoms with Gasteiger partial charge in [-0.3, -0.25) is 4.90 Å². The number of piperazine rings is 1. The molecule has 3 heterocycles. The summed E-state index contributed by atoms with van der Waals surface area (Å²) in [5.74, 6) is 0.322. The van der Waals surface area contributed by atoms with Crippen LogP contribution in [0.5, 0.6) is 0 Å². The van der Waals surface area contributed by atoms with Crippen molar-refractivity contribution in [2.75, 3.05) is 42.5 Å². The molecule has 1 saturated heterocycles. The fraction of sp³-hybridized carbons (Fsp3) is 0.438. The Labute approximate surface area is 147 Å². The van der Waals surface area contributed by atoms with Gasteiger partial charge in [0.15, 0.2) is 0 Å². The molecule has 0 radical (unpaired) electrons. The molecule has 130 valence electrons. The van der Waals surface area contributed by atoms with E-state index in [1.54, 1.807) is 12.5 Å². The number of hydrogen-bond acceptors (Lipinski definition) is 7. The van der Waals surface area contributed by atoms with Crippen LogP contribution >= 0.6 is 11.6 Å². The molecule has 3 rings (SSSR count). The number of halogens is 1. The van der Waals surface area contributed by atoms with Crippen molar-refractivity contribution < 1.29 is 0 Å². The first kappa shape index (κ1) is 18.2. The van der Waals surface area contributed by atoms with Crippen LogP contribution in [0.1, 0.15) is 19.4 Å². The minimum atomic E-state index is 0.322. The monoisotopic (exact) mass is 349 g/mol. The molecule has 0 spiro atoms. The molecule has 4 N–H and O–H groups in total. The van der Waals surface area contributed by atoms with Crippen molar-refractivity contribution in [3.05, 3.63) is 35.5 Å². The van der Waals surface area contributed by atoms with E-state index in [9.17, 15) is 0 Å². The van der Waals surface area contributed by atoms with Crippen molar-refractivity contribution in [2.45, 2.75) is 20.4 Å². The zero-order chi connectivity index (χ0) is 17.5. The summed E-state index contributed by atoms with van der Waals surface area (Å²) >= 11 is 6.23. The highest BCUT2D eigenvalue weighted by Gasteiger charge is 2.22. The van der Waals surface area contributed by atoms with Gasteiger partial charge >= 0.3 is 0 Å². The molecule has 0 bridgehead atoms. The van der Waals surface area contributed by atoms with Gasteiger partial charge in [0.2, 0.25) is 0 Å². The summed E-state index contributed by atoms with van der Waals surface area (Å²) in [7, 11) is 0. The van der Waals surface area contributed by atoms with E-state index in [2.05, 4.69) is 24.8 Å². The minimum Gasteiger partial charge on any atom is -0.394 e. The lowest BCUT2D eigenvalue weighted by molar-refractivity contribution is 0.249. The van der Waals surface area contributed by atoms with Gasteiger partial charge in [-0.25, -0.2) is 15.0 Å². The molecule has 7 nitrogen and oxygen atoms in total. The summed E-state index contributed by atoms with van der Waals surface area (Å²) in [6.07, 6.45) is 6.78. The Morgan fingerprint density at radius 2 is 1.67 bits per heavy atom. The van der Waals surface area contributed by atoms with E-state index in [1.807, 2.05) is 26.2 Å². The molecule has 24 heavy (non-hydrogen) atoms. The van der Waals surface area contributed by atoms with Gasteiger partial charge in [-0.2, -0.15) is 0 Å². The Kier molecular flexibility index (Phi) is 6.57. The van der Waals surface area contributed by atoms with Gasteiger partial charge < -0.3 is 16.4 Å². The summed E-state index contributed by atoms with van der Waals surface area (Å²) in [6, 6.07) is 0. The zero-order valence-corrected chi connectivity index (χ0v) is 14.9. The fourth-order valence-electron chi connectivity index (χ4n) is 2.63. The molecule has 1 aliphatic heterocycles. The molecule has 0 amide bonds. The van der Waals surface area contributed by atoms with E-state index in [4.69, 9.17) is 23.1 Å². The topological polar surface area (TPSA) is 97.2 Å². The van der Waals surface area contributed by atoms with Crippen LogP contribution in [0.15, 0.2) is 24.9 Å². The molecular weight excluding hydrogens is 326 g/mol. The van der Waals surface area contributed by atoms with Crippen LogP contribution in [0, 0.1) is 0 Å². The molecule has 0 unspecified atom stereocenters. The highest BCUT2D eigenvalue weighted by atomic mass is 35.5. The van der Waals surface area contributed by atoms with E-state index >= 15 is 0 Å². The van der Waals surface area contributed by atoms with E-state index in [-0.39, 0.29) is 0 Å². The standard InChI is InChI=1S/C14H18ClN7.C2H6/c15-11-7-20-14(17)12(16)13(11)22-3-1-21(2-4-22)8-10-5-18-9-19-6-10;1-2/h5-7,9H,1-4,8,16H2,(H2,17,20);1-2H3. The van der Waals surface area contributed by atoms with Gasteiger partial charge in [-0.05, 0) is 0 Å². The van der Waals surface area contributed by atoms with E-state index in [0.717, 1.165) is 44.0 Å². The summed E-state index contributed by atoms with van der Waals surface area (Å²) in [5.41, 5.74) is 14.2. The van der Waals surface area contributed by atoms with Crippen LogP contribution in [0.3, 0.4) is 0 Å². The summed E-state index contributed by atoms with van der Waals surface area (Å²) in [4.78, 5) is 16.6. The Hall–Kier alpha value is -2.12. The van der Waals surface area contributed by atoms with Crippen molar-refractivity contribution in [1.82, 2.24) is 19.9 Å². The van der Waals surface area contributed by atoms with Gasteiger partial charge in [0.05, 0.1) is 22.6 Å². The molecular formula is C16H24ClN7. The molecule has 8 heteroatoms. The second-order valence-corrected chi connectivity index (χ2v) is 5.67. The Bertz CT molecular complexity index is 642. The lowest BCUT2D eigenvalue weighted by atomic mass is 10.2. The predicted octanol–water partition coefficient (Wildman–Crippen LogP) is 2.04. The number of nitrogens with two attached hydrogens (primary N) is 2. The molecule has 2 aromatic rings. The lowest BCUT2D eigenvalue weighted by Crippen LogP contribution is -2.46. The molecule has 0 saturated carbocycles. The summed E-state index contributed by atoms with van der Waals surface area (Å²) in [6.45, 7) is 8.33. The third-order valence-electron chi connectivity index (χ3n) is 3.78. The first-order valence-corrected chi connectivity index (χ1v) is 8.43. The van der Waals surface area contributed by atoms with Crippen LogP contribution in [0.25, 0.3) is 0 Å². The predicted molar refractivity (Wildman–Crippen MR) is 98.9 cm³/mol. The number of nitrogen functional groups attached to an aromatic ring is 2. The summed E-state index contributed by atoms with van der Waals surface area (Å²) in [5, 5.41) is 0.539. The minimum absolute atomic E-state index is 0.322. The maximum Gasteiger partial charge on any atom is 0.148 e. The highest BCUT2D eigenvalue weighted by Crippen LogP contribution is 2.35. The van der Waals surface area contributed by atoms with Crippen molar-refractivity contribution in [2.24, 2.45) is 0 Å². The average molecular weight is 350 g/mol. The zero-order valence-electron chi connectivity index (χ0n) is 14.1. The Balaban J connectivity index is 0.00000100. The second kappa shape index (κ2) is 8.65. The fourth-order valence-corrected chi connectivity index (χ4v) is 2.90. The van der Waals surface area contributed by atoms with Crippen molar-refractivity contribution in [3.8, 4) is 0 Å². The lowest BCUT2D eigenvalue weighted by Gasteiger charge is -2.36. The Morgan fingerprint density at radius 3 is 2.29 bits per heavy atom. The molecule has 2 aromatic heterocycles. The molecule has 1 aliphatic rings. The number of hydrogen-bond donors (Lipinski definition) is 2. The number of rotatable bonds is 3. The van der Waals surface area contributed by atoms with Crippen molar-refractivity contribution >= 4 is 28.8 Å². The maximum absolute atomic E-state index is 6.23. The molecule has 1 fully saturated rings. The van der Waals surface area contributed by atoms with Crippen LogP contribution in [0.2, 0.25) is 5.02 Å². The van der Waals surface area contributed by atoms with Crippen LogP contribution in [0.4, 0.5) is 17.2 Å². The van der Waals surface area contributed by atoms with Crippen LogP contribution in [-0.4, -0.2) is 46.0 Å². The van der Waals surface area contributed by atoms with Gasteiger partial charge in [0, 0.05) is 50.7 Å². The smallest absolute Gasteiger partial charge is 0.148 e. The Morgan fingerprint density at radius 1 is 1.04 bits per heavy atom. The normalized spacial score (nSPS) is 14.9. The average Bonchev–Trinajstić information content (AvgIpc) is 2.63. The number of pyridine rings is 1. The third kappa shape index (κ3) is 4.24. The third-order valence-corrected chi connectivity index (χ3v) is 4.06. The quantitative estimate of drug-likeness (QED) is 0.874.